The molecule has 236 valence electrons. The molecular formula is C26H37N7O10. The number of hydrogen-bond donors (Lipinski definition) is 9. The number of rotatable bonds is 19. The van der Waals surface area contributed by atoms with E-state index in [0.29, 0.717) is 11.8 Å². The third kappa shape index (κ3) is 13.5. The molecule has 0 saturated carbocycles. The Bertz CT molecular complexity index is 1150. The van der Waals surface area contributed by atoms with Crippen molar-refractivity contribution in [3.05, 3.63) is 35.9 Å². The van der Waals surface area contributed by atoms with E-state index < -0.39 is 91.2 Å². The summed E-state index contributed by atoms with van der Waals surface area (Å²) in [5.41, 5.74) is 10.7. The van der Waals surface area contributed by atoms with Crippen LogP contribution < -0.4 is 38.1 Å². The van der Waals surface area contributed by atoms with Gasteiger partial charge in [-0.1, -0.05) is 30.3 Å². The number of amides is 7. The van der Waals surface area contributed by atoms with Crippen LogP contribution in [0.3, 0.4) is 0 Å². The highest BCUT2D eigenvalue weighted by atomic mass is 16.3. The topological polar surface area (TPSA) is 289 Å². The van der Waals surface area contributed by atoms with E-state index in [9.17, 15) is 48.6 Å². The Kier molecular flexibility index (Phi) is 15.6. The van der Waals surface area contributed by atoms with Crippen LogP contribution in [0.4, 0.5) is 0 Å². The second kappa shape index (κ2) is 18.5. The number of benzene rings is 1. The van der Waals surface area contributed by atoms with Gasteiger partial charge in [0.2, 0.25) is 41.4 Å². The second-order valence-corrected chi connectivity index (χ2v) is 9.42. The molecule has 0 saturated heterocycles. The number of nitrogens with one attached hydrogen (secondary N) is 5. The fourth-order valence-electron chi connectivity index (χ4n) is 3.68. The molecule has 17 nitrogen and oxygen atoms in total. The number of aldehydes is 1. The normalized spacial score (nSPS) is 14.0. The van der Waals surface area contributed by atoms with Crippen LogP contribution in [0.15, 0.2) is 30.3 Å². The predicted octanol–water partition coefficient (Wildman–Crippen LogP) is -5.00. The van der Waals surface area contributed by atoms with Crippen molar-refractivity contribution in [3.63, 3.8) is 0 Å². The maximum atomic E-state index is 13.2. The lowest BCUT2D eigenvalue weighted by molar-refractivity contribution is -0.136. The molecule has 1 aromatic carbocycles. The van der Waals surface area contributed by atoms with E-state index >= 15 is 0 Å². The van der Waals surface area contributed by atoms with Gasteiger partial charge in [-0.25, -0.2) is 0 Å². The van der Waals surface area contributed by atoms with E-state index in [4.69, 9.17) is 11.5 Å². The molecule has 0 aromatic heterocycles. The third-order valence-electron chi connectivity index (χ3n) is 5.84. The monoisotopic (exact) mass is 607 g/mol. The first-order valence-corrected chi connectivity index (χ1v) is 13.1. The van der Waals surface area contributed by atoms with Gasteiger partial charge < -0.3 is 53.1 Å². The minimum Gasteiger partial charge on any atom is -0.394 e. The number of aliphatic hydroxyl groups is 2. The van der Waals surface area contributed by atoms with Gasteiger partial charge in [0.05, 0.1) is 25.7 Å². The van der Waals surface area contributed by atoms with Gasteiger partial charge in [0.25, 0.3) is 0 Å². The molecule has 0 radical (unpaired) electrons. The summed E-state index contributed by atoms with van der Waals surface area (Å²) in [5, 5.41) is 30.8. The number of carbonyl (C=O) groups excluding carboxylic acids is 8. The molecule has 5 atom stereocenters. The van der Waals surface area contributed by atoms with Crippen molar-refractivity contribution in [1.82, 2.24) is 26.6 Å². The zero-order valence-electron chi connectivity index (χ0n) is 23.4. The lowest BCUT2D eigenvalue weighted by Crippen LogP contribution is -2.60. The van der Waals surface area contributed by atoms with Gasteiger partial charge in [0, 0.05) is 19.8 Å². The zero-order valence-corrected chi connectivity index (χ0v) is 23.4. The maximum absolute atomic E-state index is 13.2. The van der Waals surface area contributed by atoms with Crippen LogP contribution >= 0.6 is 0 Å². The van der Waals surface area contributed by atoms with Crippen LogP contribution in [-0.4, -0.2) is 101 Å². The molecule has 1 aromatic rings. The highest BCUT2D eigenvalue weighted by Gasteiger charge is 2.32. The van der Waals surface area contributed by atoms with Gasteiger partial charge in [-0.15, -0.1) is 0 Å². The summed E-state index contributed by atoms with van der Waals surface area (Å²) >= 11 is 0. The van der Waals surface area contributed by atoms with Crippen LogP contribution in [-0.2, 0) is 44.8 Å². The molecule has 0 fully saturated rings. The van der Waals surface area contributed by atoms with Crippen molar-refractivity contribution in [2.45, 2.75) is 62.8 Å². The number of aliphatic hydroxyl groups excluding tert-OH is 2. The first kappa shape index (κ1) is 36.1. The Hall–Kier alpha value is -4.90. The Labute approximate surface area is 246 Å². The summed E-state index contributed by atoms with van der Waals surface area (Å²) < 4.78 is 0. The minimum absolute atomic E-state index is 0.111. The zero-order chi connectivity index (χ0) is 32.5. The lowest BCUT2D eigenvalue weighted by atomic mass is 10.0. The standard InChI is InChI=1S/C26H37N7O10/c1-14(37)29-18(10-22(28)39)24(41)33-20(13-36)26(43)31-17(9-15-5-3-2-4-6-15)23(40)32-19(12-35)25(42)30-16(11-34)7-8-21(27)38/h2-6,11,16-20,35-36H,7-10,12-13H2,1H3,(H2,27,38)(H2,28,39)(H,29,37)(H,30,42)(H,31,43)(H,32,40)(H,33,41)/t16-,17-,18-,19-,20-/m0/s1. The average molecular weight is 608 g/mol. The first-order chi connectivity index (χ1) is 20.3. The van der Waals surface area contributed by atoms with Gasteiger partial charge >= 0.3 is 0 Å². The first-order valence-electron chi connectivity index (χ1n) is 13.1. The Morgan fingerprint density at radius 3 is 1.67 bits per heavy atom. The minimum atomic E-state index is -1.64. The number of carbonyl (C=O) groups is 8. The number of hydrogen-bond acceptors (Lipinski definition) is 10. The fraction of sp³-hybridized carbons (Fsp3) is 0.462. The van der Waals surface area contributed by atoms with Crippen molar-refractivity contribution in [2.24, 2.45) is 11.5 Å². The van der Waals surface area contributed by atoms with Crippen molar-refractivity contribution >= 4 is 47.6 Å². The van der Waals surface area contributed by atoms with Crippen molar-refractivity contribution in [1.29, 1.82) is 0 Å². The van der Waals surface area contributed by atoms with Gasteiger partial charge in [-0.2, -0.15) is 0 Å². The molecule has 0 aliphatic carbocycles. The van der Waals surface area contributed by atoms with Crippen molar-refractivity contribution in [2.75, 3.05) is 13.2 Å². The van der Waals surface area contributed by atoms with Crippen LogP contribution in [0.1, 0.15) is 31.7 Å². The van der Waals surface area contributed by atoms with Gasteiger partial charge in [-0.3, -0.25) is 33.6 Å². The average Bonchev–Trinajstić information content (AvgIpc) is 2.95. The summed E-state index contributed by atoms with van der Waals surface area (Å²) in [5.74, 6) is -6.24. The van der Waals surface area contributed by atoms with Gasteiger partial charge in [0.15, 0.2) is 0 Å². The molecule has 0 unspecified atom stereocenters. The lowest BCUT2D eigenvalue weighted by Gasteiger charge is -2.25. The van der Waals surface area contributed by atoms with Crippen LogP contribution in [0.25, 0.3) is 0 Å². The van der Waals surface area contributed by atoms with Crippen LogP contribution in [0.5, 0.6) is 0 Å². The quantitative estimate of drug-likeness (QED) is 0.0675. The van der Waals surface area contributed by atoms with E-state index in [2.05, 4.69) is 26.6 Å². The molecule has 0 aliphatic heterocycles. The van der Waals surface area contributed by atoms with E-state index in [1.165, 1.54) is 0 Å². The summed E-state index contributed by atoms with van der Waals surface area (Å²) in [6.45, 7) is -0.754. The van der Waals surface area contributed by atoms with E-state index in [1.807, 2.05) is 0 Å². The highest BCUT2D eigenvalue weighted by Crippen LogP contribution is 2.05. The number of primary amides is 2. The van der Waals surface area contributed by atoms with Gasteiger partial charge in [0.1, 0.15) is 30.5 Å². The Morgan fingerprint density at radius 2 is 1.21 bits per heavy atom. The maximum Gasteiger partial charge on any atom is 0.245 e. The van der Waals surface area contributed by atoms with E-state index in [1.54, 1.807) is 30.3 Å². The molecule has 0 spiro atoms. The van der Waals surface area contributed by atoms with Crippen molar-refractivity contribution < 1.29 is 48.6 Å². The van der Waals surface area contributed by atoms with Crippen molar-refractivity contribution in [3.8, 4) is 0 Å². The largest absolute Gasteiger partial charge is 0.394 e. The second-order valence-electron chi connectivity index (χ2n) is 9.42. The third-order valence-corrected chi connectivity index (χ3v) is 5.84. The molecule has 43 heavy (non-hydrogen) atoms. The SMILES string of the molecule is CC(=O)N[C@@H](CC(N)=O)C(=O)N[C@@H](CO)C(=O)N[C@@H](Cc1ccccc1)C(=O)N[C@@H](CO)C(=O)N[C@H](C=O)CCC(N)=O. The molecule has 0 heterocycles. The molecule has 1 rings (SSSR count). The van der Waals surface area contributed by atoms with E-state index in [0.717, 1.165) is 6.92 Å². The van der Waals surface area contributed by atoms with Crippen LogP contribution in [0, 0.1) is 0 Å². The van der Waals surface area contributed by atoms with Gasteiger partial charge in [-0.05, 0) is 12.0 Å². The molecular weight excluding hydrogens is 570 g/mol. The molecule has 0 bridgehead atoms. The molecule has 7 amide bonds. The summed E-state index contributed by atoms with van der Waals surface area (Å²) in [7, 11) is 0. The Balaban J connectivity index is 3.10. The highest BCUT2D eigenvalue weighted by molar-refractivity contribution is 5.97. The summed E-state index contributed by atoms with van der Waals surface area (Å²) in [6, 6.07) is 1.14. The molecule has 17 heteroatoms. The molecule has 0 aliphatic rings. The number of nitrogens with two attached hydrogens (primary N) is 2. The Morgan fingerprint density at radius 1 is 0.721 bits per heavy atom. The summed E-state index contributed by atoms with van der Waals surface area (Å²) in [6.07, 6.45) is -0.682. The fourth-order valence-corrected chi connectivity index (χ4v) is 3.68. The predicted molar refractivity (Wildman–Crippen MR) is 148 cm³/mol. The molecule has 11 N–H and O–H groups in total. The smallest absolute Gasteiger partial charge is 0.245 e. The summed E-state index contributed by atoms with van der Waals surface area (Å²) in [4.78, 5) is 96.5. The van der Waals surface area contributed by atoms with Crippen LogP contribution in [0.2, 0.25) is 0 Å². The van der Waals surface area contributed by atoms with E-state index in [-0.39, 0.29) is 19.3 Å².